The Morgan fingerprint density at radius 3 is 2.67 bits per heavy atom. The molecular formula is C15H11BrF3NO. The third-order valence-electron chi connectivity index (χ3n) is 3.69. The minimum Gasteiger partial charge on any atom is -0.326 e. The molecule has 0 aromatic heterocycles. The van der Waals surface area contributed by atoms with Gasteiger partial charge in [-0.2, -0.15) is 13.2 Å². The zero-order chi connectivity index (χ0) is 15.3. The highest BCUT2D eigenvalue weighted by Crippen LogP contribution is 2.49. The van der Waals surface area contributed by atoms with E-state index in [4.69, 9.17) is 0 Å². The SMILES string of the molecule is O=C1CC(C#CC2CC2)(C(F)(F)F)c2ccc(Br)cc2N1. The van der Waals surface area contributed by atoms with Crippen LogP contribution in [-0.4, -0.2) is 12.1 Å². The van der Waals surface area contributed by atoms with Crippen molar-refractivity contribution >= 4 is 27.5 Å². The van der Waals surface area contributed by atoms with Crippen LogP contribution >= 0.6 is 15.9 Å². The molecule has 3 rings (SSSR count). The van der Waals surface area contributed by atoms with Gasteiger partial charge in [-0.05, 0) is 25.0 Å². The first-order valence-electron chi connectivity index (χ1n) is 6.51. The number of carbonyl (C=O) groups excluding carboxylic acids is 1. The number of rotatable bonds is 0. The van der Waals surface area contributed by atoms with Crippen molar-refractivity contribution in [2.45, 2.75) is 30.9 Å². The molecule has 2 aliphatic rings. The van der Waals surface area contributed by atoms with E-state index in [0.717, 1.165) is 12.8 Å². The Hall–Kier alpha value is -1.48. The molecule has 1 fully saturated rings. The summed E-state index contributed by atoms with van der Waals surface area (Å²) >= 11 is 3.20. The van der Waals surface area contributed by atoms with Gasteiger partial charge >= 0.3 is 6.18 Å². The van der Waals surface area contributed by atoms with Gasteiger partial charge in [0.05, 0.1) is 6.42 Å². The molecule has 1 saturated carbocycles. The average molecular weight is 358 g/mol. The van der Waals surface area contributed by atoms with E-state index in [1.54, 1.807) is 0 Å². The molecular weight excluding hydrogens is 347 g/mol. The molecule has 1 amide bonds. The zero-order valence-corrected chi connectivity index (χ0v) is 12.4. The molecule has 6 heteroatoms. The van der Waals surface area contributed by atoms with Gasteiger partial charge in [-0.3, -0.25) is 4.79 Å². The highest BCUT2D eigenvalue weighted by atomic mass is 79.9. The number of fused-ring (bicyclic) bond motifs is 1. The molecule has 1 aliphatic heterocycles. The lowest BCUT2D eigenvalue weighted by Crippen LogP contribution is -2.47. The maximum Gasteiger partial charge on any atom is 0.409 e. The topological polar surface area (TPSA) is 29.1 Å². The highest BCUT2D eigenvalue weighted by molar-refractivity contribution is 9.10. The molecule has 2 nitrogen and oxygen atoms in total. The third kappa shape index (κ3) is 2.55. The Morgan fingerprint density at radius 1 is 1.33 bits per heavy atom. The minimum absolute atomic E-state index is 0.0194. The summed E-state index contributed by atoms with van der Waals surface area (Å²) in [6, 6.07) is 4.40. The fourth-order valence-corrected chi connectivity index (χ4v) is 2.77. The number of alkyl halides is 3. The summed E-state index contributed by atoms with van der Waals surface area (Å²) in [6.07, 6.45) is -3.62. The molecule has 0 spiro atoms. The predicted molar refractivity (Wildman–Crippen MR) is 75.6 cm³/mol. The average Bonchev–Trinajstić information content (AvgIpc) is 3.17. The molecule has 1 unspecified atom stereocenters. The second-order valence-corrected chi connectivity index (χ2v) is 6.28. The Bertz CT molecular complexity index is 670. The monoisotopic (exact) mass is 357 g/mol. The number of benzene rings is 1. The number of halogens is 4. The maximum absolute atomic E-state index is 13.7. The lowest BCUT2D eigenvalue weighted by atomic mass is 9.74. The molecule has 0 saturated heterocycles. The second kappa shape index (κ2) is 4.77. The molecule has 0 radical (unpaired) electrons. The molecule has 1 aromatic carbocycles. The minimum atomic E-state index is -4.60. The first-order valence-corrected chi connectivity index (χ1v) is 7.30. The number of hydrogen-bond donors (Lipinski definition) is 1. The first kappa shape index (κ1) is 14.5. The van der Waals surface area contributed by atoms with Gasteiger partial charge in [0.1, 0.15) is 0 Å². The summed E-state index contributed by atoms with van der Waals surface area (Å²) in [7, 11) is 0. The number of nitrogens with one attached hydrogen (secondary N) is 1. The van der Waals surface area contributed by atoms with E-state index in [1.165, 1.54) is 18.2 Å². The van der Waals surface area contributed by atoms with Crippen LogP contribution in [0.25, 0.3) is 0 Å². The maximum atomic E-state index is 13.7. The number of carbonyl (C=O) groups is 1. The Balaban J connectivity index is 2.20. The van der Waals surface area contributed by atoms with Crippen molar-refractivity contribution in [1.29, 1.82) is 0 Å². The highest BCUT2D eigenvalue weighted by Gasteiger charge is 2.59. The van der Waals surface area contributed by atoms with E-state index in [-0.39, 0.29) is 17.2 Å². The van der Waals surface area contributed by atoms with Gasteiger partial charge in [0.15, 0.2) is 5.41 Å². The van der Waals surface area contributed by atoms with E-state index < -0.39 is 23.9 Å². The fourth-order valence-electron chi connectivity index (χ4n) is 2.41. The lowest BCUT2D eigenvalue weighted by molar-refractivity contribution is -0.177. The van der Waals surface area contributed by atoms with Crippen molar-refractivity contribution in [2.75, 3.05) is 5.32 Å². The Kier molecular flexibility index (Phi) is 3.28. The van der Waals surface area contributed by atoms with Gasteiger partial charge in [0.2, 0.25) is 5.91 Å². The van der Waals surface area contributed by atoms with Crippen LogP contribution in [0.3, 0.4) is 0 Å². The summed E-state index contributed by atoms with van der Waals surface area (Å²) in [4.78, 5) is 11.8. The Labute approximate surface area is 128 Å². The van der Waals surface area contributed by atoms with Gasteiger partial charge in [0, 0.05) is 21.6 Å². The molecule has 0 bridgehead atoms. The number of amides is 1. The Morgan fingerprint density at radius 2 is 2.05 bits per heavy atom. The molecule has 1 heterocycles. The van der Waals surface area contributed by atoms with Gasteiger partial charge in [-0.15, -0.1) is 0 Å². The van der Waals surface area contributed by atoms with Crippen LogP contribution in [0, 0.1) is 17.8 Å². The summed E-state index contributed by atoms with van der Waals surface area (Å²) < 4.78 is 41.8. The number of anilines is 1. The van der Waals surface area contributed by atoms with Crippen LogP contribution in [0.5, 0.6) is 0 Å². The summed E-state index contributed by atoms with van der Waals surface area (Å²) in [5.41, 5.74) is -2.22. The van der Waals surface area contributed by atoms with Crippen molar-refractivity contribution in [3.05, 3.63) is 28.2 Å². The molecule has 21 heavy (non-hydrogen) atoms. The zero-order valence-electron chi connectivity index (χ0n) is 10.9. The van der Waals surface area contributed by atoms with Gasteiger partial charge in [0.25, 0.3) is 0 Å². The summed E-state index contributed by atoms with van der Waals surface area (Å²) in [5.74, 6) is 4.45. The largest absolute Gasteiger partial charge is 0.409 e. The predicted octanol–water partition coefficient (Wildman–Crippen LogP) is 4.00. The molecule has 1 aliphatic carbocycles. The van der Waals surface area contributed by atoms with Gasteiger partial charge < -0.3 is 5.32 Å². The van der Waals surface area contributed by atoms with Crippen molar-refractivity contribution in [2.24, 2.45) is 5.92 Å². The van der Waals surface area contributed by atoms with Crippen molar-refractivity contribution in [3.8, 4) is 11.8 Å². The molecule has 1 N–H and O–H groups in total. The van der Waals surface area contributed by atoms with Gasteiger partial charge in [-0.25, -0.2) is 0 Å². The van der Waals surface area contributed by atoms with E-state index in [0.29, 0.717) is 4.47 Å². The standard InChI is InChI=1S/C15H11BrF3NO/c16-10-3-4-11-12(7-10)20-13(21)8-14(11,15(17,18)19)6-5-9-1-2-9/h3-4,7,9H,1-2,8H2,(H,20,21). The van der Waals surface area contributed by atoms with E-state index in [1.807, 2.05) is 0 Å². The van der Waals surface area contributed by atoms with Crippen LogP contribution in [0.4, 0.5) is 18.9 Å². The smallest absolute Gasteiger partial charge is 0.326 e. The lowest BCUT2D eigenvalue weighted by Gasteiger charge is -2.36. The molecule has 110 valence electrons. The first-order chi connectivity index (χ1) is 9.82. The third-order valence-corrected chi connectivity index (χ3v) is 4.19. The molecule has 1 atom stereocenters. The van der Waals surface area contributed by atoms with E-state index in [9.17, 15) is 18.0 Å². The molecule has 1 aromatic rings. The summed E-state index contributed by atoms with van der Waals surface area (Å²) in [5, 5.41) is 2.49. The van der Waals surface area contributed by atoms with E-state index >= 15 is 0 Å². The van der Waals surface area contributed by atoms with Crippen molar-refractivity contribution in [3.63, 3.8) is 0 Å². The van der Waals surface area contributed by atoms with Crippen LogP contribution in [0.15, 0.2) is 22.7 Å². The second-order valence-electron chi connectivity index (χ2n) is 5.36. The van der Waals surface area contributed by atoms with Crippen molar-refractivity contribution in [1.82, 2.24) is 0 Å². The fraction of sp³-hybridized carbons (Fsp3) is 0.400. The van der Waals surface area contributed by atoms with Crippen molar-refractivity contribution < 1.29 is 18.0 Å². The van der Waals surface area contributed by atoms with Gasteiger partial charge in [-0.1, -0.05) is 33.8 Å². The number of hydrogen-bond acceptors (Lipinski definition) is 1. The van der Waals surface area contributed by atoms with Crippen LogP contribution in [0.2, 0.25) is 0 Å². The van der Waals surface area contributed by atoms with Crippen LogP contribution in [-0.2, 0) is 10.2 Å². The van der Waals surface area contributed by atoms with Crippen LogP contribution < -0.4 is 5.32 Å². The van der Waals surface area contributed by atoms with E-state index in [2.05, 4.69) is 33.1 Å². The summed E-state index contributed by atoms with van der Waals surface area (Å²) in [6.45, 7) is 0. The van der Waals surface area contributed by atoms with Crippen LogP contribution in [0.1, 0.15) is 24.8 Å². The quantitative estimate of drug-likeness (QED) is 0.698. The normalized spacial score (nSPS) is 24.7.